The van der Waals surface area contributed by atoms with Crippen LogP contribution < -0.4 is 15.2 Å². The number of anilines is 1. The number of aryl methyl sites for hydroxylation is 1. The Morgan fingerprint density at radius 3 is 2.71 bits per heavy atom. The first-order valence-electron chi connectivity index (χ1n) is 9.57. The first-order chi connectivity index (χ1) is 14.7. The van der Waals surface area contributed by atoms with Crippen LogP contribution in [0.3, 0.4) is 0 Å². The number of β-amino-alcohol motifs (C(OH)–C–C–N with tert-alkyl or cyclic N) is 1. The van der Waals surface area contributed by atoms with Crippen molar-refractivity contribution in [3.05, 3.63) is 63.5 Å². The lowest BCUT2D eigenvalue weighted by Crippen LogP contribution is -2.58. The van der Waals surface area contributed by atoms with E-state index in [-0.39, 0.29) is 42.4 Å². The molecule has 2 heterocycles. The molecule has 1 aromatic heterocycles. The fourth-order valence-electron chi connectivity index (χ4n) is 3.77. The van der Waals surface area contributed by atoms with Gasteiger partial charge < -0.3 is 24.4 Å². The number of nitrogens with zero attached hydrogens (tertiary/aromatic N) is 3. The minimum Gasteiger partial charge on any atom is -0.488 e. The van der Waals surface area contributed by atoms with E-state index >= 15 is 0 Å². The van der Waals surface area contributed by atoms with Crippen LogP contribution in [0, 0.1) is 11.6 Å². The molecule has 164 valence electrons. The van der Waals surface area contributed by atoms with Crippen molar-refractivity contribution in [1.82, 2.24) is 9.55 Å². The van der Waals surface area contributed by atoms with Gasteiger partial charge in [-0.05, 0) is 30.7 Å². The van der Waals surface area contributed by atoms with E-state index in [2.05, 4.69) is 4.98 Å². The quantitative estimate of drug-likeness (QED) is 0.632. The van der Waals surface area contributed by atoms with E-state index in [1.54, 1.807) is 25.2 Å². The monoisotopic (exact) mass is 451 g/mol. The minimum atomic E-state index is -1.65. The van der Waals surface area contributed by atoms with Gasteiger partial charge in [0.15, 0.2) is 11.6 Å². The predicted molar refractivity (Wildman–Crippen MR) is 112 cm³/mol. The second-order valence-electron chi connectivity index (χ2n) is 7.60. The molecule has 2 aromatic carbocycles. The highest BCUT2D eigenvalue weighted by Crippen LogP contribution is 2.33. The molecule has 4 rings (SSSR count). The van der Waals surface area contributed by atoms with Gasteiger partial charge in [0.05, 0.1) is 11.7 Å². The third-order valence-corrected chi connectivity index (χ3v) is 5.78. The zero-order chi connectivity index (χ0) is 22.3. The number of ether oxygens (including phenoxy) is 1. The molecule has 2 atom stereocenters. The molecule has 0 radical (unpaired) electrons. The van der Waals surface area contributed by atoms with Gasteiger partial charge in [-0.2, -0.15) is 0 Å². The van der Waals surface area contributed by atoms with E-state index < -0.39 is 23.3 Å². The normalized spacial score (nSPS) is 21.5. The van der Waals surface area contributed by atoms with Crippen LogP contribution in [0.1, 0.15) is 6.42 Å². The first-order valence-corrected chi connectivity index (χ1v) is 9.95. The molecule has 0 bridgehead atoms. The molecule has 3 aromatic rings. The largest absolute Gasteiger partial charge is 0.488 e. The molecule has 7 nitrogen and oxygen atoms in total. The molecular formula is C21H20ClF2N3O4. The summed E-state index contributed by atoms with van der Waals surface area (Å²) in [5.74, 6) is -1.37. The number of aliphatic hydroxyl groups excluding tert-OH is 1. The molecule has 1 saturated heterocycles. The third-order valence-electron chi connectivity index (χ3n) is 5.56. The Hall–Kier alpha value is -2.75. The fourth-order valence-corrected chi connectivity index (χ4v) is 3.96. The zero-order valence-electron chi connectivity index (χ0n) is 16.6. The van der Waals surface area contributed by atoms with Crippen LogP contribution in [0.25, 0.3) is 11.0 Å². The van der Waals surface area contributed by atoms with Crippen molar-refractivity contribution in [3.8, 4) is 5.75 Å². The molecule has 0 amide bonds. The second-order valence-corrected chi connectivity index (χ2v) is 8.04. The molecule has 1 aliphatic heterocycles. The Morgan fingerprint density at radius 1 is 1.32 bits per heavy atom. The maximum absolute atomic E-state index is 14.2. The van der Waals surface area contributed by atoms with Gasteiger partial charge in [0.1, 0.15) is 35.3 Å². The topological polar surface area (TPSA) is 87.8 Å². The van der Waals surface area contributed by atoms with Crippen LogP contribution in [0.4, 0.5) is 14.5 Å². The molecule has 0 unspecified atom stereocenters. The summed E-state index contributed by atoms with van der Waals surface area (Å²) in [5, 5.41) is 21.5. The number of piperidine rings is 1. The number of rotatable bonds is 4. The summed E-state index contributed by atoms with van der Waals surface area (Å²) in [6.45, 7) is -0.400. The number of aliphatic hydroxyl groups is 2. The van der Waals surface area contributed by atoms with Crippen LogP contribution >= 0.6 is 11.6 Å². The average Bonchev–Trinajstić information content (AvgIpc) is 2.71. The van der Waals surface area contributed by atoms with E-state index in [4.69, 9.17) is 16.3 Å². The van der Waals surface area contributed by atoms with Crippen LogP contribution in [0.2, 0.25) is 5.02 Å². The molecular weight excluding hydrogens is 432 g/mol. The minimum absolute atomic E-state index is 0.00236. The maximum Gasteiger partial charge on any atom is 0.269 e. The van der Waals surface area contributed by atoms with Crippen LogP contribution in [-0.4, -0.2) is 51.2 Å². The average molecular weight is 452 g/mol. The number of aromatic nitrogens is 2. The molecule has 0 spiro atoms. The third kappa shape index (κ3) is 3.96. The Morgan fingerprint density at radius 2 is 2.03 bits per heavy atom. The number of benzene rings is 2. The lowest BCUT2D eigenvalue weighted by Gasteiger charge is -2.42. The summed E-state index contributed by atoms with van der Waals surface area (Å²) in [5.41, 5.74) is -1.28. The van der Waals surface area contributed by atoms with Crippen molar-refractivity contribution in [3.63, 3.8) is 0 Å². The van der Waals surface area contributed by atoms with Gasteiger partial charge in [-0.1, -0.05) is 17.7 Å². The summed E-state index contributed by atoms with van der Waals surface area (Å²) >= 11 is 5.67. The fraction of sp³-hybridized carbons (Fsp3) is 0.333. The number of hydrogen-bond acceptors (Lipinski definition) is 6. The molecule has 1 fully saturated rings. The van der Waals surface area contributed by atoms with Gasteiger partial charge >= 0.3 is 0 Å². The Balaban J connectivity index is 1.53. The second kappa shape index (κ2) is 8.07. The number of hydrogen-bond donors (Lipinski definition) is 2. The number of halogens is 3. The lowest BCUT2D eigenvalue weighted by atomic mass is 9.89. The number of fused-ring (bicyclic) bond motifs is 1. The maximum atomic E-state index is 14.2. The molecule has 0 aliphatic carbocycles. The van der Waals surface area contributed by atoms with Gasteiger partial charge in [-0.3, -0.25) is 4.79 Å². The van der Waals surface area contributed by atoms with Crippen molar-refractivity contribution >= 4 is 28.3 Å². The van der Waals surface area contributed by atoms with E-state index in [0.29, 0.717) is 16.8 Å². The van der Waals surface area contributed by atoms with E-state index in [1.165, 1.54) is 15.7 Å². The Kier molecular flexibility index (Phi) is 5.59. The van der Waals surface area contributed by atoms with Crippen molar-refractivity contribution in [2.45, 2.75) is 18.1 Å². The molecule has 10 heteroatoms. The Labute approximate surface area is 181 Å². The highest BCUT2D eigenvalue weighted by Gasteiger charge is 2.42. The van der Waals surface area contributed by atoms with Crippen molar-refractivity contribution in [1.29, 1.82) is 0 Å². The molecule has 1 aliphatic rings. The molecule has 2 N–H and O–H groups in total. The zero-order valence-corrected chi connectivity index (χ0v) is 17.3. The summed E-state index contributed by atoms with van der Waals surface area (Å²) in [6.07, 6.45) is -0.140. The van der Waals surface area contributed by atoms with E-state index in [0.717, 1.165) is 12.1 Å². The molecule has 31 heavy (non-hydrogen) atoms. The van der Waals surface area contributed by atoms with Crippen molar-refractivity contribution < 1.29 is 23.7 Å². The van der Waals surface area contributed by atoms with Gasteiger partial charge in [0.2, 0.25) is 0 Å². The van der Waals surface area contributed by atoms with Gasteiger partial charge in [0.25, 0.3) is 5.56 Å². The SMILES string of the molecule is Cn1c(=O)cnc2cccc(OC[C@]3(O)CCN(c4c(F)cc(Cl)cc4F)C[C@H]3O)c21. The predicted octanol–water partition coefficient (Wildman–Crippen LogP) is 2.25. The van der Waals surface area contributed by atoms with Crippen molar-refractivity contribution in [2.24, 2.45) is 7.05 Å². The molecule has 0 saturated carbocycles. The summed E-state index contributed by atoms with van der Waals surface area (Å²) in [4.78, 5) is 17.3. The highest BCUT2D eigenvalue weighted by atomic mass is 35.5. The van der Waals surface area contributed by atoms with Crippen LogP contribution in [-0.2, 0) is 7.05 Å². The van der Waals surface area contributed by atoms with Gasteiger partial charge in [-0.25, -0.2) is 13.8 Å². The lowest BCUT2D eigenvalue weighted by molar-refractivity contribution is -0.108. The van der Waals surface area contributed by atoms with Crippen molar-refractivity contribution in [2.75, 3.05) is 24.6 Å². The summed E-state index contributed by atoms with van der Waals surface area (Å²) < 4.78 is 35.6. The van der Waals surface area contributed by atoms with Gasteiger partial charge in [0, 0.05) is 25.2 Å². The summed E-state index contributed by atoms with van der Waals surface area (Å²) in [6, 6.07) is 7.04. The van der Waals surface area contributed by atoms with Crippen LogP contribution in [0.15, 0.2) is 41.3 Å². The van der Waals surface area contributed by atoms with Crippen LogP contribution in [0.5, 0.6) is 5.75 Å². The van der Waals surface area contributed by atoms with Gasteiger partial charge in [-0.15, -0.1) is 0 Å². The smallest absolute Gasteiger partial charge is 0.269 e. The van der Waals surface area contributed by atoms with E-state index in [1.807, 2.05) is 0 Å². The van der Waals surface area contributed by atoms with E-state index in [9.17, 15) is 23.8 Å². The standard InChI is InChI=1S/C21H20ClF2N3O4/c1-26-18(29)9-25-15-3-2-4-16(20(15)26)31-11-21(30)5-6-27(10-17(21)28)19-13(23)7-12(22)8-14(19)24/h2-4,7-9,17,28,30H,5-6,10-11H2,1H3/t17-,21-/m1/s1. The summed E-state index contributed by atoms with van der Waals surface area (Å²) in [7, 11) is 1.58. The number of para-hydroxylation sites is 1. The highest BCUT2D eigenvalue weighted by molar-refractivity contribution is 6.30. The first kappa shape index (κ1) is 21.5. The Bertz CT molecular complexity index is 1180.